The summed E-state index contributed by atoms with van der Waals surface area (Å²) in [5, 5.41) is 15.0. The van der Waals surface area contributed by atoms with Crippen LogP contribution in [-0.2, 0) is 25.5 Å². The van der Waals surface area contributed by atoms with Crippen molar-refractivity contribution in [2.75, 3.05) is 18.0 Å². The minimum atomic E-state index is -0.891. The van der Waals surface area contributed by atoms with E-state index >= 15 is 0 Å². The summed E-state index contributed by atoms with van der Waals surface area (Å²) in [6, 6.07) is 0. The first-order chi connectivity index (χ1) is 10.7. The van der Waals surface area contributed by atoms with Crippen LogP contribution in [-0.4, -0.2) is 42.9 Å². The minimum absolute atomic E-state index is 0.637. The van der Waals surface area contributed by atoms with E-state index < -0.39 is 5.60 Å². The van der Waals surface area contributed by atoms with Gasteiger partial charge in [-0.25, -0.2) is 15.0 Å². The van der Waals surface area contributed by atoms with Crippen molar-refractivity contribution in [1.82, 2.24) is 24.7 Å². The molecule has 1 aliphatic heterocycles. The van der Waals surface area contributed by atoms with Gasteiger partial charge in [-0.3, -0.25) is 4.68 Å². The quantitative estimate of drug-likeness (QED) is 0.874. The maximum Gasteiger partial charge on any atom is 0.158 e. The second kappa shape index (κ2) is 5.01. The topological polar surface area (TPSA) is 80.0 Å². The van der Waals surface area contributed by atoms with E-state index in [4.69, 9.17) is 0 Å². The Morgan fingerprint density at radius 1 is 1.09 bits per heavy atom. The van der Waals surface area contributed by atoms with Crippen LogP contribution in [0.25, 0.3) is 0 Å². The molecule has 0 radical (unpaired) electrons. The van der Waals surface area contributed by atoms with Gasteiger partial charge in [-0.2, -0.15) is 5.10 Å². The van der Waals surface area contributed by atoms with Crippen LogP contribution in [0.3, 0.4) is 0 Å². The van der Waals surface area contributed by atoms with Crippen molar-refractivity contribution < 1.29 is 5.11 Å². The van der Waals surface area contributed by atoms with Crippen molar-refractivity contribution in [3.8, 4) is 0 Å². The van der Waals surface area contributed by atoms with E-state index in [0.29, 0.717) is 18.7 Å². The van der Waals surface area contributed by atoms with Gasteiger partial charge in [0.25, 0.3) is 0 Å². The Bertz CT molecular complexity index is 689. The Labute approximate surface area is 129 Å². The number of piperidine rings is 1. The van der Waals surface area contributed by atoms with Crippen LogP contribution < -0.4 is 4.90 Å². The van der Waals surface area contributed by atoms with Crippen LogP contribution in [0, 0.1) is 0 Å². The molecule has 1 N–H and O–H groups in total. The maximum atomic E-state index is 10.9. The molecule has 1 aliphatic carbocycles. The highest BCUT2D eigenvalue weighted by Crippen LogP contribution is 2.35. The van der Waals surface area contributed by atoms with Gasteiger partial charge in [-0.1, -0.05) is 0 Å². The third-order valence-electron chi connectivity index (χ3n) is 4.87. The van der Waals surface area contributed by atoms with Gasteiger partial charge in [0, 0.05) is 44.2 Å². The summed E-state index contributed by atoms with van der Waals surface area (Å²) in [7, 11) is 1.82. The Morgan fingerprint density at radius 2 is 1.91 bits per heavy atom. The molecule has 2 aromatic rings. The summed E-state index contributed by atoms with van der Waals surface area (Å²) in [5.74, 6) is 1.71. The van der Waals surface area contributed by atoms with Gasteiger partial charge in [0.15, 0.2) is 5.82 Å². The molecule has 2 aliphatic rings. The molecule has 116 valence electrons. The Hall–Kier alpha value is -2.02. The Morgan fingerprint density at radius 3 is 2.64 bits per heavy atom. The number of aryl methyl sites for hydroxylation is 2. The van der Waals surface area contributed by atoms with E-state index in [0.717, 1.165) is 38.2 Å². The second-order valence-corrected chi connectivity index (χ2v) is 6.20. The van der Waals surface area contributed by atoms with Crippen molar-refractivity contribution in [2.24, 2.45) is 7.05 Å². The van der Waals surface area contributed by atoms with E-state index in [1.807, 2.05) is 7.05 Å². The summed E-state index contributed by atoms with van der Waals surface area (Å²) < 4.78 is 1.66. The Kier molecular flexibility index (Phi) is 3.11. The first-order valence-electron chi connectivity index (χ1n) is 7.82. The molecule has 0 aromatic carbocycles. The molecule has 0 spiro atoms. The fraction of sp³-hybridized carbons (Fsp3) is 0.600. The lowest BCUT2D eigenvalue weighted by Gasteiger charge is -2.38. The van der Waals surface area contributed by atoms with E-state index in [2.05, 4.69) is 25.0 Å². The van der Waals surface area contributed by atoms with Gasteiger partial charge in [-0.05, 0) is 19.3 Å². The van der Waals surface area contributed by atoms with Crippen LogP contribution in [0.2, 0.25) is 0 Å². The molecule has 7 nitrogen and oxygen atoms in total. The van der Waals surface area contributed by atoms with Gasteiger partial charge in [-0.15, -0.1) is 0 Å². The lowest BCUT2D eigenvalue weighted by atomic mass is 9.90. The van der Waals surface area contributed by atoms with Gasteiger partial charge in [0.2, 0.25) is 0 Å². The van der Waals surface area contributed by atoms with E-state index in [9.17, 15) is 5.11 Å². The molecule has 0 amide bonds. The summed E-state index contributed by atoms with van der Waals surface area (Å²) in [5.41, 5.74) is 1.60. The second-order valence-electron chi connectivity index (χ2n) is 6.20. The molecular weight excluding hydrogens is 280 g/mol. The van der Waals surface area contributed by atoms with Crippen molar-refractivity contribution in [1.29, 1.82) is 0 Å². The van der Waals surface area contributed by atoms with Gasteiger partial charge in [0.1, 0.15) is 24.1 Å². The third kappa shape index (κ3) is 2.08. The van der Waals surface area contributed by atoms with Crippen LogP contribution >= 0.6 is 0 Å². The zero-order chi connectivity index (χ0) is 15.2. The Balaban J connectivity index is 1.56. The fourth-order valence-electron chi connectivity index (χ4n) is 3.64. The standard InChI is InChI=1S/C15H20N6O/c1-20-14(18-10-19-20)15(22)5-7-21(8-6-15)13-11-3-2-4-12(11)16-9-17-13/h9-10,22H,2-8H2,1H3. The van der Waals surface area contributed by atoms with E-state index in [-0.39, 0.29) is 0 Å². The van der Waals surface area contributed by atoms with Crippen LogP contribution in [0.15, 0.2) is 12.7 Å². The molecular formula is C15H20N6O. The smallest absolute Gasteiger partial charge is 0.158 e. The number of hydrogen-bond acceptors (Lipinski definition) is 6. The number of rotatable bonds is 2. The van der Waals surface area contributed by atoms with Crippen molar-refractivity contribution in [2.45, 2.75) is 37.7 Å². The number of fused-ring (bicyclic) bond motifs is 1. The fourth-order valence-corrected chi connectivity index (χ4v) is 3.64. The molecule has 0 saturated carbocycles. The SMILES string of the molecule is Cn1ncnc1C1(O)CCN(c2ncnc3c2CCC3)CC1. The van der Waals surface area contributed by atoms with Crippen LogP contribution in [0.1, 0.15) is 36.3 Å². The zero-order valence-corrected chi connectivity index (χ0v) is 12.7. The van der Waals surface area contributed by atoms with Gasteiger partial charge < -0.3 is 10.0 Å². The summed E-state index contributed by atoms with van der Waals surface area (Å²) >= 11 is 0. The predicted molar refractivity (Wildman–Crippen MR) is 80.4 cm³/mol. The molecule has 2 aromatic heterocycles. The van der Waals surface area contributed by atoms with Gasteiger partial charge >= 0.3 is 0 Å². The molecule has 1 fully saturated rings. The molecule has 22 heavy (non-hydrogen) atoms. The first kappa shape index (κ1) is 13.6. The normalized spacial score (nSPS) is 20.2. The molecule has 0 unspecified atom stereocenters. The van der Waals surface area contributed by atoms with Crippen molar-refractivity contribution in [3.05, 3.63) is 29.7 Å². The molecule has 3 heterocycles. The lowest BCUT2D eigenvalue weighted by molar-refractivity contribution is -0.000204. The summed E-state index contributed by atoms with van der Waals surface area (Å²) in [6.45, 7) is 1.54. The molecule has 0 bridgehead atoms. The predicted octanol–water partition coefficient (Wildman–Crippen LogP) is 0.582. The van der Waals surface area contributed by atoms with E-state index in [1.54, 1.807) is 11.0 Å². The van der Waals surface area contributed by atoms with E-state index in [1.165, 1.54) is 17.6 Å². The average Bonchev–Trinajstić information content (AvgIpc) is 3.16. The number of aliphatic hydroxyl groups is 1. The number of aromatic nitrogens is 5. The number of nitrogens with zero attached hydrogens (tertiary/aromatic N) is 6. The largest absolute Gasteiger partial charge is 0.382 e. The molecule has 7 heteroatoms. The first-order valence-corrected chi connectivity index (χ1v) is 7.82. The van der Waals surface area contributed by atoms with Crippen molar-refractivity contribution >= 4 is 5.82 Å². The summed E-state index contributed by atoms with van der Waals surface area (Å²) in [6.07, 6.45) is 7.73. The van der Waals surface area contributed by atoms with Crippen LogP contribution in [0.5, 0.6) is 0 Å². The highest BCUT2D eigenvalue weighted by molar-refractivity contribution is 5.50. The summed E-state index contributed by atoms with van der Waals surface area (Å²) in [4.78, 5) is 15.4. The maximum absolute atomic E-state index is 10.9. The highest BCUT2D eigenvalue weighted by atomic mass is 16.3. The molecule has 0 atom stereocenters. The number of anilines is 1. The average molecular weight is 300 g/mol. The van der Waals surface area contributed by atoms with Crippen molar-refractivity contribution in [3.63, 3.8) is 0 Å². The monoisotopic (exact) mass is 300 g/mol. The third-order valence-corrected chi connectivity index (χ3v) is 4.87. The highest BCUT2D eigenvalue weighted by Gasteiger charge is 2.38. The lowest BCUT2D eigenvalue weighted by Crippen LogP contribution is -2.44. The minimum Gasteiger partial charge on any atom is -0.382 e. The van der Waals surface area contributed by atoms with Gasteiger partial charge in [0.05, 0.1) is 0 Å². The van der Waals surface area contributed by atoms with Crippen LogP contribution in [0.4, 0.5) is 5.82 Å². The molecule has 4 rings (SSSR count). The number of hydrogen-bond donors (Lipinski definition) is 1. The zero-order valence-electron chi connectivity index (χ0n) is 12.7. The molecule has 1 saturated heterocycles.